The smallest absolute Gasteiger partial charge is 0.112 e. The van der Waals surface area contributed by atoms with Crippen molar-refractivity contribution in [1.82, 2.24) is 0 Å². The van der Waals surface area contributed by atoms with E-state index in [0.717, 1.165) is 6.42 Å². The first-order valence-electron chi connectivity index (χ1n) is 7.15. The molecule has 0 N–H and O–H groups in total. The average molecular weight is 258 g/mol. The van der Waals surface area contributed by atoms with Crippen molar-refractivity contribution in [2.75, 3.05) is 13.2 Å². The predicted octanol–water partition coefficient (Wildman–Crippen LogP) is 3.73. The summed E-state index contributed by atoms with van der Waals surface area (Å²) in [4.78, 5) is 0. The van der Waals surface area contributed by atoms with E-state index in [1.807, 2.05) is 18.2 Å². The molecule has 2 nitrogen and oxygen atoms in total. The van der Waals surface area contributed by atoms with Crippen molar-refractivity contribution < 1.29 is 9.47 Å². The van der Waals surface area contributed by atoms with Gasteiger partial charge in [0.15, 0.2) is 0 Å². The van der Waals surface area contributed by atoms with Gasteiger partial charge in [-0.3, -0.25) is 0 Å². The lowest BCUT2D eigenvalue weighted by molar-refractivity contribution is 0.145. The highest BCUT2D eigenvalue weighted by molar-refractivity contribution is 5.22. The summed E-state index contributed by atoms with van der Waals surface area (Å²) in [7, 11) is 0. The van der Waals surface area contributed by atoms with Crippen LogP contribution in [-0.2, 0) is 9.47 Å². The van der Waals surface area contributed by atoms with Gasteiger partial charge in [0.2, 0.25) is 0 Å². The van der Waals surface area contributed by atoms with Gasteiger partial charge in [-0.25, -0.2) is 0 Å². The molecular formula is C17H22O2. The fourth-order valence-corrected chi connectivity index (χ4v) is 2.03. The zero-order valence-corrected chi connectivity index (χ0v) is 11.6. The molecule has 0 unspecified atom stereocenters. The number of benzene rings is 1. The molecule has 2 atom stereocenters. The maximum Gasteiger partial charge on any atom is 0.112 e. The molecule has 1 aromatic carbocycles. The minimum Gasteiger partial charge on any atom is -0.366 e. The van der Waals surface area contributed by atoms with Crippen LogP contribution < -0.4 is 0 Å². The molecule has 19 heavy (non-hydrogen) atoms. The van der Waals surface area contributed by atoms with Crippen LogP contribution >= 0.6 is 0 Å². The van der Waals surface area contributed by atoms with E-state index in [4.69, 9.17) is 9.47 Å². The van der Waals surface area contributed by atoms with Crippen LogP contribution in [0.2, 0.25) is 0 Å². The lowest BCUT2D eigenvalue weighted by atomic mass is 10.1. The Bertz CT molecular complexity index is 416. The van der Waals surface area contributed by atoms with E-state index in [1.54, 1.807) is 0 Å². The Morgan fingerprint density at radius 2 is 2.00 bits per heavy atom. The van der Waals surface area contributed by atoms with E-state index in [1.165, 1.54) is 24.8 Å². The molecule has 2 rings (SSSR count). The van der Waals surface area contributed by atoms with Gasteiger partial charge < -0.3 is 9.47 Å². The molecule has 1 aliphatic rings. The van der Waals surface area contributed by atoms with Crippen molar-refractivity contribution in [3.05, 3.63) is 35.9 Å². The second-order valence-electron chi connectivity index (χ2n) is 4.83. The standard InChI is InChI=1S/C17H22O2/c1-2-3-4-5-6-10-13-18-14-16-17(19-16)15-11-8-7-9-12-15/h7-9,11-12,16-17H,2-5,13-14H2,1H3/t16-,17-/m1/s1. The summed E-state index contributed by atoms with van der Waals surface area (Å²) < 4.78 is 11.1. The summed E-state index contributed by atoms with van der Waals surface area (Å²) in [6.07, 6.45) is 5.14. The van der Waals surface area contributed by atoms with Crippen molar-refractivity contribution in [2.45, 2.75) is 44.8 Å². The first kappa shape index (κ1) is 14.1. The number of ether oxygens (including phenoxy) is 2. The van der Waals surface area contributed by atoms with Gasteiger partial charge in [-0.15, -0.1) is 5.92 Å². The average Bonchev–Trinajstić information content (AvgIpc) is 3.22. The molecular weight excluding hydrogens is 236 g/mol. The fraction of sp³-hybridized carbons (Fsp3) is 0.529. The van der Waals surface area contributed by atoms with Crippen LogP contribution in [-0.4, -0.2) is 19.3 Å². The Balaban J connectivity index is 1.54. The zero-order valence-electron chi connectivity index (χ0n) is 11.6. The van der Waals surface area contributed by atoms with E-state index >= 15 is 0 Å². The van der Waals surface area contributed by atoms with Crippen molar-refractivity contribution in [3.8, 4) is 11.8 Å². The minimum atomic E-state index is 0.212. The molecule has 1 fully saturated rings. The lowest BCUT2D eigenvalue weighted by Crippen LogP contribution is -2.02. The molecule has 102 valence electrons. The first-order chi connectivity index (χ1) is 9.42. The fourth-order valence-electron chi connectivity index (χ4n) is 2.03. The highest BCUT2D eigenvalue weighted by Crippen LogP contribution is 2.38. The molecule has 1 aliphatic heterocycles. The highest BCUT2D eigenvalue weighted by atomic mass is 16.6. The number of unbranched alkanes of at least 4 members (excludes halogenated alkanes) is 3. The van der Waals surface area contributed by atoms with Gasteiger partial charge in [0.25, 0.3) is 0 Å². The molecule has 2 heteroatoms. The maximum absolute atomic E-state index is 5.59. The van der Waals surface area contributed by atoms with Gasteiger partial charge in [-0.05, 0) is 12.0 Å². The van der Waals surface area contributed by atoms with E-state index < -0.39 is 0 Å². The van der Waals surface area contributed by atoms with Gasteiger partial charge >= 0.3 is 0 Å². The Morgan fingerprint density at radius 1 is 1.16 bits per heavy atom. The van der Waals surface area contributed by atoms with E-state index in [2.05, 4.69) is 30.9 Å². The van der Waals surface area contributed by atoms with Gasteiger partial charge in [0, 0.05) is 6.42 Å². The lowest BCUT2D eigenvalue weighted by Gasteiger charge is -1.96. The summed E-state index contributed by atoms with van der Waals surface area (Å²) in [5.41, 5.74) is 1.24. The summed E-state index contributed by atoms with van der Waals surface area (Å²) in [5.74, 6) is 6.20. The van der Waals surface area contributed by atoms with Crippen LogP contribution in [0, 0.1) is 11.8 Å². The Kier molecular flexibility index (Phi) is 5.94. The Morgan fingerprint density at radius 3 is 2.79 bits per heavy atom. The molecule has 0 amide bonds. The molecule has 0 bridgehead atoms. The summed E-state index contributed by atoms with van der Waals surface area (Å²) in [5, 5.41) is 0. The largest absolute Gasteiger partial charge is 0.366 e. The number of hydrogen-bond donors (Lipinski definition) is 0. The van der Waals surface area contributed by atoms with Crippen LogP contribution in [0.15, 0.2) is 30.3 Å². The number of hydrogen-bond acceptors (Lipinski definition) is 2. The number of epoxide rings is 1. The van der Waals surface area contributed by atoms with Crippen LogP contribution in [0.25, 0.3) is 0 Å². The third-order valence-electron chi connectivity index (χ3n) is 3.20. The summed E-state index contributed by atoms with van der Waals surface area (Å²) >= 11 is 0. The molecule has 0 spiro atoms. The van der Waals surface area contributed by atoms with Gasteiger partial charge in [0.05, 0.1) is 6.61 Å². The van der Waals surface area contributed by atoms with Crippen molar-refractivity contribution in [3.63, 3.8) is 0 Å². The molecule has 0 aromatic heterocycles. The van der Waals surface area contributed by atoms with E-state index in [-0.39, 0.29) is 12.2 Å². The number of rotatable bonds is 7. The second-order valence-corrected chi connectivity index (χ2v) is 4.83. The topological polar surface area (TPSA) is 21.8 Å². The normalized spacial score (nSPS) is 20.7. The second kappa shape index (κ2) is 7.99. The molecule has 1 heterocycles. The van der Waals surface area contributed by atoms with Crippen LogP contribution in [0.3, 0.4) is 0 Å². The van der Waals surface area contributed by atoms with Crippen molar-refractivity contribution >= 4 is 0 Å². The molecule has 1 aromatic rings. The molecule has 0 saturated carbocycles. The minimum absolute atomic E-state index is 0.212. The zero-order chi connectivity index (χ0) is 13.3. The Labute approximate surface area is 116 Å². The van der Waals surface area contributed by atoms with E-state index in [0.29, 0.717) is 13.2 Å². The van der Waals surface area contributed by atoms with Crippen molar-refractivity contribution in [2.24, 2.45) is 0 Å². The first-order valence-corrected chi connectivity index (χ1v) is 7.15. The highest BCUT2D eigenvalue weighted by Gasteiger charge is 2.39. The maximum atomic E-state index is 5.59. The van der Waals surface area contributed by atoms with Gasteiger partial charge in [-0.2, -0.15) is 0 Å². The van der Waals surface area contributed by atoms with Gasteiger partial charge in [-0.1, -0.05) is 56.0 Å². The van der Waals surface area contributed by atoms with Gasteiger partial charge in [0.1, 0.15) is 18.8 Å². The SMILES string of the molecule is CCCCCC#CCOC[C@H]1O[C@@H]1c1ccccc1. The van der Waals surface area contributed by atoms with Crippen LogP contribution in [0.1, 0.15) is 44.3 Å². The molecule has 1 saturated heterocycles. The van der Waals surface area contributed by atoms with Crippen molar-refractivity contribution in [1.29, 1.82) is 0 Å². The molecule has 0 aliphatic carbocycles. The monoisotopic (exact) mass is 258 g/mol. The van der Waals surface area contributed by atoms with Crippen LogP contribution in [0.4, 0.5) is 0 Å². The Hall–Kier alpha value is -1.30. The summed E-state index contributed by atoms with van der Waals surface area (Å²) in [6.45, 7) is 3.37. The van der Waals surface area contributed by atoms with E-state index in [9.17, 15) is 0 Å². The quantitative estimate of drug-likeness (QED) is 0.422. The predicted molar refractivity (Wildman–Crippen MR) is 76.8 cm³/mol. The third kappa shape index (κ3) is 5.06. The van der Waals surface area contributed by atoms with Crippen LogP contribution in [0.5, 0.6) is 0 Å². The molecule has 0 radical (unpaired) electrons. The third-order valence-corrected chi connectivity index (χ3v) is 3.20. The summed E-state index contributed by atoms with van der Waals surface area (Å²) in [6, 6.07) is 10.3.